The number of hydrogen-bond donors (Lipinski definition) is 3. The SMILES string of the molecule is C=C(C)C(=O)OCCOC(=O)c1ccc(C(=O)NCCS)c(C(=O)O)c1. The molecule has 1 rings (SSSR count). The number of nitrogens with one attached hydrogen (secondary N) is 1. The van der Waals surface area contributed by atoms with E-state index < -0.39 is 23.8 Å². The predicted molar refractivity (Wildman–Crippen MR) is 95.6 cm³/mol. The summed E-state index contributed by atoms with van der Waals surface area (Å²) < 4.78 is 9.68. The van der Waals surface area contributed by atoms with Gasteiger partial charge in [0.2, 0.25) is 0 Å². The summed E-state index contributed by atoms with van der Waals surface area (Å²) in [4.78, 5) is 46.5. The third kappa shape index (κ3) is 6.25. The second kappa shape index (κ2) is 10.2. The summed E-state index contributed by atoms with van der Waals surface area (Å²) >= 11 is 3.95. The van der Waals surface area contributed by atoms with Crippen molar-refractivity contribution in [2.75, 3.05) is 25.5 Å². The molecule has 0 aromatic heterocycles. The predicted octanol–water partition coefficient (Wildman–Crippen LogP) is 1.32. The number of carboxylic acid groups (broad SMARTS) is 1. The van der Waals surface area contributed by atoms with Crippen molar-refractivity contribution in [3.05, 3.63) is 47.0 Å². The minimum atomic E-state index is -1.36. The number of hydrogen-bond acceptors (Lipinski definition) is 7. The maximum Gasteiger partial charge on any atom is 0.338 e. The highest BCUT2D eigenvalue weighted by Crippen LogP contribution is 2.14. The lowest BCUT2D eigenvalue weighted by molar-refractivity contribution is -0.140. The molecule has 0 aliphatic carbocycles. The quantitative estimate of drug-likeness (QED) is 0.255. The van der Waals surface area contributed by atoms with E-state index in [9.17, 15) is 24.3 Å². The molecule has 0 heterocycles. The molecule has 0 saturated carbocycles. The van der Waals surface area contributed by atoms with Gasteiger partial charge < -0.3 is 19.9 Å². The Kier molecular flexibility index (Phi) is 8.36. The molecule has 9 heteroatoms. The molecule has 140 valence electrons. The van der Waals surface area contributed by atoms with Crippen molar-refractivity contribution in [3.8, 4) is 0 Å². The summed E-state index contributed by atoms with van der Waals surface area (Å²) in [7, 11) is 0. The third-order valence-electron chi connectivity index (χ3n) is 3.03. The Morgan fingerprint density at radius 2 is 1.81 bits per heavy atom. The van der Waals surface area contributed by atoms with E-state index in [-0.39, 0.29) is 42.0 Å². The van der Waals surface area contributed by atoms with Crippen LogP contribution >= 0.6 is 12.6 Å². The minimum Gasteiger partial charge on any atom is -0.478 e. The molecule has 0 aliphatic heterocycles. The van der Waals surface area contributed by atoms with Gasteiger partial charge in [-0.3, -0.25) is 4.79 Å². The first-order chi connectivity index (χ1) is 12.3. The largest absolute Gasteiger partial charge is 0.478 e. The lowest BCUT2D eigenvalue weighted by Gasteiger charge is -2.10. The first kappa shape index (κ1) is 21.2. The van der Waals surface area contributed by atoms with E-state index in [1.54, 1.807) is 0 Å². The number of aromatic carboxylic acids is 1. The summed E-state index contributed by atoms with van der Waals surface area (Å²) in [6.45, 7) is 4.80. The Morgan fingerprint density at radius 3 is 2.38 bits per heavy atom. The van der Waals surface area contributed by atoms with Crippen molar-refractivity contribution in [1.29, 1.82) is 0 Å². The van der Waals surface area contributed by atoms with Crippen molar-refractivity contribution < 1.29 is 33.8 Å². The molecule has 0 fully saturated rings. The number of carbonyl (C=O) groups is 4. The Morgan fingerprint density at radius 1 is 1.15 bits per heavy atom. The van der Waals surface area contributed by atoms with E-state index in [2.05, 4.69) is 24.5 Å². The van der Waals surface area contributed by atoms with Crippen LogP contribution in [0.5, 0.6) is 0 Å². The zero-order valence-electron chi connectivity index (χ0n) is 14.1. The molecule has 8 nitrogen and oxygen atoms in total. The van der Waals surface area contributed by atoms with E-state index >= 15 is 0 Å². The Bertz CT molecular complexity index is 730. The molecule has 0 spiro atoms. The fourth-order valence-corrected chi connectivity index (χ4v) is 1.90. The van der Waals surface area contributed by atoms with Crippen LogP contribution in [0.2, 0.25) is 0 Å². The van der Waals surface area contributed by atoms with Crippen LogP contribution in [0.4, 0.5) is 0 Å². The van der Waals surface area contributed by atoms with Crippen molar-refractivity contribution in [1.82, 2.24) is 5.32 Å². The van der Waals surface area contributed by atoms with Gasteiger partial charge in [-0.05, 0) is 25.1 Å². The molecular formula is C17H19NO7S. The highest BCUT2D eigenvalue weighted by Gasteiger charge is 2.19. The first-order valence-corrected chi connectivity index (χ1v) is 8.17. The smallest absolute Gasteiger partial charge is 0.338 e. The Hall–Kier alpha value is -2.81. The van der Waals surface area contributed by atoms with Crippen molar-refractivity contribution in [2.45, 2.75) is 6.92 Å². The van der Waals surface area contributed by atoms with Gasteiger partial charge in [-0.15, -0.1) is 0 Å². The summed E-state index contributed by atoms with van der Waals surface area (Å²) in [5.41, 5.74) is -0.232. The van der Waals surface area contributed by atoms with E-state index in [1.165, 1.54) is 19.1 Å². The molecule has 2 N–H and O–H groups in total. The van der Waals surface area contributed by atoms with Gasteiger partial charge >= 0.3 is 17.9 Å². The van der Waals surface area contributed by atoms with Crippen LogP contribution in [0, 0.1) is 0 Å². The van der Waals surface area contributed by atoms with Crippen LogP contribution < -0.4 is 5.32 Å². The number of benzene rings is 1. The molecule has 0 atom stereocenters. The second-order valence-corrected chi connectivity index (χ2v) is 5.54. The second-order valence-electron chi connectivity index (χ2n) is 5.10. The van der Waals surface area contributed by atoms with E-state index in [4.69, 9.17) is 9.47 Å². The van der Waals surface area contributed by atoms with Crippen LogP contribution in [0.3, 0.4) is 0 Å². The maximum atomic E-state index is 12.0. The van der Waals surface area contributed by atoms with Crippen molar-refractivity contribution in [3.63, 3.8) is 0 Å². The lowest BCUT2D eigenvalue weighted by atomic mass is 10.0. The van der Waals surface area contributed by atoms with Gasteiger partial charge in [-0.1, -0.05) is 6.58 Å². The molecule has 0 radical (unpaired) electrons. The van der Waals surface area contributed by atoms with Gasteiger partial charge in [0.25, 0.3) is 5.91 Å². The Labute approximate surface area is 155 Å². The van der Waals surface area contributed by atoms with Gasteiger partial charge in [-0.25, -0.2) is 14.4 Å². The van der Waals surface area contributed by atoms with E-state index in [0.717, 1.165) is 6.07 Å². The number of ether oxygens (including phenoxy) is 2. The average Bonchev–Trinajstić information content (AvgIpc) is 2.61. The van der Waals surface area contributed by atoms with Gasteiger partial charge in [0.05, 0.1) is 16.7 Å². The monoisotopic (exact) mass is 381 g/mol. The van der Waals surface area contributed by atoms with Gasteiger partial charge in [0.1, 0.15) is 13.2 Å². The molecule has 0 bridgehead atoms. The molecule has 0 saturated heterocycles. The van der Waals surface area contributed by atoms with Gasteiger partial charge in [0, 0.05) is 17.9 Å². The number of carbonyl (C=O) groups excluding carboxylic acids is 3. The van der Waals surface area contributed by atoms with Gasteiger partial charge in [-0.2, -0.15) is 12.6 Å². The highest BCUT2D eigenvalue weighted by atomic mass is 32.1. The number of amides is 1. The molecule has 26 heavy (non-hydrogen) atoms. The van der Waals surface area contributed by atoms with Crippen LogP contribution in [-0.4, -0.2) is 54.4 Å². The van der Waals surface area contributed by atoms with Crippen molar-refractivity contribution >= 4 is 36.4 Å². The van der Waals surface area contributed by atoms with Crippen LogP contribution in [-0.2, 0) is 14.3 Å². The van der Waals surface area contributed by atoms with E-state index in [1.807, 2.05) is 0 Å². The number of rotatable bonds is 9. The maximum absolute atomic E-state index is 12.0. The summed E-state index contributed by atoms with van der Waals surface area (Å²) in [6.07, 6.45) is 0. The first-order valence-electron chi connectivity index (χ1n) is 7.54. The number of thiol groups is 1. The topological polar surface area (TPSA) is 119 Å². The van der Waals surface area contributed by atoms with Crippen LogP contribution in [0.1, 0.15) is 38.0 Å². The summed E-state index contributed by atoms with van der Waals surface area (Å²) in [5.74, 6) is -2.95. The fraction of sp³-hybridized carbons (Fsp3) is 0.294. The molecule has 1 aromatic rings. The minimum absolute atomic E-state index is 0.0422. The van der Waals surface area contributed by atoms with Gasteiger partial charge in [0.15, 0.2) is 0 Å². The zero-order chi connectivity index (χ0) is 19.7. The molecular weight excluding hydrogens is 362 g/mol. The normalized spacial score (nSPS) is 9.92. The van der Waals surface area contributed by atoms with Crippen LogP contribution in [0.15, 0.2) is 30.4 Å². The average molecular weight is 381 g/mol. The molecule has 1 aromatic carbocycles. The highest BCUT2D eigenvalue weighted by molar-refractivity contribution is 7.80. The Balaban J connectivity index is 2.78. The number of carboxylic acids is 1. The number of esters is 2. The molecule has 0 aliphatic rings. The van der Waals surface area contributed by atoms with E-state index in [0.29, 0.717) is 5.75 Å². The lowest BCUT2D eigenvalue weighted by Crippen LogP contribution is -2.27. The standard InChI is InChI=1S/C17H19NO7S/c1-10(2)16(22)24-6-7-25-17(23)11-3-4-12(13(9-11)15(20)21)14(19)18-5-8-26/h3-4,9,26H,1,5-8H2,2H3,(H,18,19)(H,20,21). The summed E-state index contributed by atoms with van der Waals surface area (Å²) in [6, 6.07) is 3.57. The fourth-order valence-electron chi connectivity index (χ4n) is 1.79. The van der Waals surface area contributed by atoms with Crippen LogP contribution in [0.25, 0.3) is 0 Å². The summed E-state index contributed by atoms with van der Waals surface area (Å²) in [5, 5.41) is 11.8. The van der Waals surface area contributed by atoms with Crippen molar-refractivity contribution in [2.24, 2.45) is 0 Å². The molecule has 1 amide bonds. The molecule has 0 unspecified atom stereocenters. The zero-order valence-corrected chi connectivity index (χ0v) is 15.0. The third-order valence-corrected chi connectivity index (χ3v) is 3.25.